The number of carbonyl (C=O) groups is 1. The van der Waals surface area contributed by atoms with Crippen LogP contribution in [-0.4, -0.2) is 66.0 Å². The molecule has 7 heteroatoms. The number of likely N-dealkylation sites (tertiary alicyclic amines) is 1. The molecule has 2 aliphatic heterocycles. The third-order valence-electron chi connectivity index (χ3n) is 5.13. The molecule has 0 radical (unpaired) electrons. The van der Waals surface area contributed by atoms with Crippen molar-refractivity contribution in [3.8, 4) is 10.8 Å². The van der Waals surface area contributed by atoms with Crippen LogP contribution in [0.2, 0.25) is 0 Å². The number of oxazole rings is 1. The van der Waals surface area contributed by atoms with Gasteiger partial charge in [0.25, 0.3) is 0 Å². The van der Waals surface area contributed by atoms with Crippen LogP contribution in [0.4, 0.5) is 0 Å². The minimum atomic E-state index is 0.159. The highest BCUT2D eigenvalue weighted by Crippen LogP contribution is 2.26. The minimum Gasteiger partial charge on any atom is -0.440 e. The summed E-state index contributed by atoms with van der Waals surface area (Å²) >= 11 is 1.60. The van der Waals surface area contributed by atoms with Crippen molar-refractivity contribution in [3.05, 3.63) is 29.0 Å². The standard InChI is InChI=1S/C18H24N4O2S/c1-13-15(20-18(24-13)16-3-2-10-25-16)11-17(23)22-7-4-14(12-22)21-8-5-19-6-9-21/h2-3,10,14,19H,4-9,11-12H2,1H3. The Bertz CT molecular complexity index is 722. The smallest absolute Gasteiger partial charge is 0.236 e. The number of nitrogens with one attached hydrogen (secondary N) is 1. The van der Waals surface area contributed by atoms with E-state index in [1.165, 1.54) is 0 Å². The second-order valence-electron chi connectivity index (χ2n) is 6.74. The number of hydrogen-bond acceptors (Lipinski definition) is 6. The lowest BCUT2D eigenvalue weighted by atomic mass is 10.2. The normalized spacial score (nSPS) is 21.8. The molecule has 2 saturated heterocycles. The van der Waals surface area contributed by atoms with Gasteiger partial charge in [-0.25, -0.2) is 4.98 Å². The third kappa shape index (κ3) is 3.63. The lowest BCUT2D eigenvalue weighted by Gasteiger charge is -2.32. The Balaban J connectivity index is 1.38. The van der Waals surface area contributed by atoms with Gasteiger partial charge in [-0.3, -0.25) is 9.69 Å². The van der Waals surface area contributed by atoms with E-state index in [1.54, 1.807) is 11.3 Å². The Morgan fingerprint density at radius 1 is 1.40 bits per heavy atom. The van der Waals surface area contributed by atoms with Gasteiger partial charge in [-0.1, -0.05) is 6.07 Å². The fourth-order valence-corrected chi connectivity index (χ4v) is 4.32. The minimum absolute atomic E-state index is 0.159. The summed E-state index contributed by atoms with van der Waals surface area (Å²) in [4.78, 5) is 22.8. The Labute approximate surface area is 151 Å². The summed E-state index contributed by atoms with van der Waals surface area (Å²) in [6.07, 6.45) is 1.40. The largest absolute Gasteiger partial charge is 0.440 e. The van der Waals surface area contributed by atoms with E-state index in [4.69, 9.17) is 4.42 Å². The number of rotatable bonds is 4. The van der Waals surface area contributed by atoms with E-state index >= 15 is 0 Å². The molecule has 0 aromatic carbocycles. The summed E-state index contributed by atoms with van der Waals surface area (Å²) < 4.78 is 5.75. The highest BCUT2D eigenvalue weighted by atomic mass is 32.1. The van der Waals surface area contributed by atoms with Gasteiger partial charge in [-0.2, -0.15) is 0 Å². The zero-order valence-electron chi connectivity index (χ0n) is 14.5. The fraction of sp³-hybridized carbons (Fsp3) is 0.556. The third-order valence-corrected chi connectivity index (χ3v) is 5.99. The van der Waals surface area contributed by atoms with Gasteiger partial charge in [0, 0.05) is 45.3 Å². The van der Waals surface area contributed by atoms with E-state index in [-0.39, 0.29) is 5.91 Å². The van der Waals surface area contributed by atoms with Gasteiger partial charge in [0.2, 0.25) is 11.8 Å². The number of aromatic nitrogens is 1. The van der Waals surface area contributed by atoms with Crippen LogP contribution in [0.3, 0.4) is 0 Å². The second-order valence-corrected chi connectivity index (χ2v) is 7.69. The zero-order valence-corrected chi connectivity index (χ0v) is 15.3. The van der Waals surface area contributed by atoms with Gasteiger partial charge in [0.05, 0.1) is 17.0 Å². The van der Waals surface area contributed by atoms with Crippen molar-refractivity contribution in [2.24, 2.45) is 0 Å². The van der Waals surface area contributed by atoms with Crippen LogP contribution >= 0.6 is 11.3 Å². The molecule has 0 aliphatic carbocycles. The summed E-state index contributed by atoms with van der Waals surface area (Å²) in [7, 11) is 0. The molecule has 1 atom stereocenters. The molecule has 2 aliphatic rings. The van der Waals surface area contributed by atoms with Crippen LogP contribution in [0, 0.1) is 6.92 Å². The molecule has 6 nitrogen and oxygen atoms in total. The van der Waals surface area contributed by atoms with Gasteiger partial charge in [-0.05, 0) is 24.8 Å². The molecule has 2 fully saturated rings. The van der Waals surface area contributed by atoms with Crippen molar-refractivity contribution in [1.82, 2.24) is 20.1 Å². The van der Waals surface area contributed by atoms with E-state index in [0.29, 0.717) is 18.4 Å². The highest BCUT2D eigenvalue weighted by molar-refractivity contribution is 7.13. The van der Waals surface area contributed by atoms with E-state index in [0.717, 1.165) is 62.0 Å². The maximum Gasteiger partial charge on any atom is 0.236 e. The Kier molecular flexibility index (Phi) is 4.87. The predicted molar refractivity (Wildman–Crippen MR) is 97.7 cm³/mol. The molecule has 0 spiro atoms. The maximum absolute atomic E-state index is 12.7. The van der Waals surface area contributed by atoms with Crippen LogP contribution < -0.4 is 5.32 Å². The Morgan fingerprint density at radius 3 is 3.00 bits per heavy atom. The first kappa shape index (κ1) is 16.8. The maximum atomic E-state index is 12.7. The molecule has 2 aromatic heterocycles. The number of carbonyl (C=O) groups excluding carboxylic acids is 1. The second kappa shape index (κ2) is 7.27. The van der Waals surface area contributed by atoms with Gasteiger partial charge in [-0.15, -0.1) is 11.3 Å². The molecule has 4 rings (SSSR count). The van der Waals surface area contributed by atoms with Crippen molar-refractivity contribution in [3.63, 3.8) is 0 Å². The molecule has 1 unspecified atom stereocenters. The van der Waals surface area contributed by atoms with Crippen molar-refractivity contribution in [2.45, 2.75) is 25.8 Å². The van der Waals surface area contributed by atoms with Gasteiger partial charge >= 0.3 is 0 Å². The number of nitrogens with zero attached hydrogens (tertiary/aromatic N) is 3. The first-order valence-corrected chi connectivity index (χ1v) is 9.81. The van der Waals surface area contributed by atoms with Crippen LogP contribution in [0.15, 0.2) is 21.9 Å². The predicted octanol–water partition coefficient (Wildman–Crippen LogP) is 1.76. The quantitative estimate of drug-likeness (QED) is 0.900. The van der Waals surface area contributed by atoms with Crippen LogP contribution in [0.1, 0.15) is 17.9 Å². The lowest BCUT2D eigenvalue weighted by Crippen LogP contribution is -2.49. The average molecular weight is 360 g/mol. The first-order chi connectivity index (χ1) is 12.2. The average Bonchev–Trinajstić information content (AvgIpc) is 3.37. The van der Waals surface area contributed by atoms with Crippen molar-refractivity contribution in [2.75, 3.05) is 39.3 Å². The lowest BCUT2D eigenvalue weighted by molar-refractivity contribution is -0.129. The van der Waals surface area contributed by atoms with E-state index in [9.17, 15) is 4.79 Å². The first-order valence-electron chi connectivity index (χ1n) is 8.93. The summed E-state index contributed by atoms with van der Waals surface area (Å²) in [5, 5.41) is 5.39. The number of amides is 1. The molecule has 0 saturated carbocycles. The molecule has 0 bridgehead atoms. The van der Waals surface area contributed by atoms with Gasteiger partial charge in [0.15, 0.2) is 0 Å². The van der Waals surface area contributed by atoms with E-state index in [2.05, 4.69) is 15.2 Å². The van der Waals surface area contributed by atoms with Crippen molar-refractivity contribution < 1.29 is 9.21 Å². The van der Waals surface area contributed by atoms with Crippen LogP contribution in [0.5, 0.6) is 0 Å². The monoisotopic (exact) mass is 360 g/mol. The fourth-order valence-electron chi connectivity index (χ4n) is 3.67. The molecule has 25 heavy (non-hydrogen) atoms. The van der Waals surface area contributed by atoms with E-state index in [1.807, 2.05) is 29.3 Å². The molecule has 1 amide bonds. The molecular weight excluding hydrogens is 336 g/mol. The molecule has 1 N–H and O–H groups in total. The SMILES string of the molecule is Cc1oc(-c2cccs2)nc1CC(=O)N1CCC(N2CCNCC2)C1. The topological polar surface area (TPSA) is 61.6 Å². The Morgan fingerprint density at radius 2 is 2.24 bits per heavy atom. The number of aryl methyl sites for hydroxylation is 1. The zero-order chi connectivity index (χ0) is 17.2. The molecule has 134 valence electrons. The molecule has 4 heterocycles. The van der Waals surface area contributed by atoms with Crippen molar-refractivity contribution in [1.29, 1.82) is 0 Å². The van der Waals surface area contributed by atoms with Gasteiger partial charge < -0.3 is 14.6 Å². The summed E-state index contributed by atoms with van der Waals surface area (Å²) in [6.45, 7) is 7.84. The number of hydrogen-bond donors (Lipinski definition) is 1. The summed E-state index contributed by atoms with van der Waals surface area (Å²) in [5.74, 6) is 1.52. The van der Waals surface area contributed by atoms with Gasteiger partial charge in [0.1, 0.15) is 5.76 Å². The number of thiophene rings is 1. The molecule has 2 aromatic rings. The molecular formula is C18H24N4O2S. The summed E-state index contributed by atoms with van der Waals surface area (Å²) in [6, 6.07) is 4.47. The van der Waals surface area contributed by atoms with Crippen LogP contribution in [-0.2, 0) is 11.2 Å². The van der Waals surface area contributed by atoms with E-state index < -0.39 is 0 Å². The summed E-state index contributed by atoms with van der Waals surface area (Å²) in [5.41, 5.74) is 0.763. The number of piperazine rings is 1. The highest BCUT2D eigenvalue weighted by Gasteiger charge is 2.31. The van der Waals surface area contributed by atoms with Crippen LogP contribution in [0.25, 0.3) is 10.8 Å². The van der Waals surface area contributed by atoms with Crippen molar-refractivity contribution >= 4 is 17.2 Å². The Hall–Kier alpha value is -1.70.